The number of alkyl halides is 3. The molecule has 1 aromatic carbocycles. The molecule has 0 saturated heterocycles. The van der Waals surface area contributed by atoms with Crippen LogP contribution in [0.15, 0.2) is 24.3 Å². The highest BCUT2D eigenvalue weighted by Crippen LogP contribution is 2.36. The maximum Gasteiger partial charge on any atom is 0.416 e. The van der Waals surface area contributed by atoms with Crippen LogP contribution in [0.3, 0.4) is 0 Å². The lowest BCUT2D eigenvalue weighted by atomic mass is 9.89. The fraction of sp³-hybridized carbons (Fsp3) is 0.500. The molecule has 1 aromatic rings. The molecule has 90 valence electrons. The molecule has 0 radical (unpaired) electrons. The minimum Gasteiger partial charge on any atom is -0.330 e. The maximum absolute atomic E-state index is 12.8. The summed E-state index contributed by atoms with van der Waals surface area (Å²) < 4.78 is 38.3. The molecule has 1 nitrogen and oxygen atoms in total. The summed E-state index contributed by atoms with van der Waals surface area (Å²) in [7, 11) is 0. The second-order valence-electron chi connectivity index (χ2n) is 3.77. The van der Waals surface area contributed by atoms with Crippen LogP contribution in [0.5, 0.6) is 0 Å². The third-order valence-corrected chi connectivity index (χ3v) is 2.71. The van der Waals surface area contributed by atoms with E-state index in [1.165, 1.54) is 6.07 Å². The van der Waals surface area contributed by atoms with Crippen LogP contribution in [0.4, 0.5) is 13.2 Å². The molecule has 1 atom stereocenters. The lowest BCUT2D eigenvalue weighted by Crippen LogP contribution is -2.14. The third kappa shape index (κ3) is 2.98. The molecule has 0 fully saturated rings. The molecule has 0 aliphatic rings. The second-order valence-corrected chi connectivity index (χ2v) is 3.77. The number of benzene rings is 1. The quantitative estimate of drug-likeness (QED) is 0.842. The van der Waals surface area contributed by atoms with E-state index in [4.69, 9.17) is 5.73 Å². The van der Waals surface area contributed by atoms with Crippen LogP contribution in [0.1, 0.15) is 36.8 Å². The van der Waals surface area contributed by atoms with Crippen LogP contribution >= 0.6 is 0 Å². The smallest absolute Gasteiger partial charge is 0.330 e. The van der Waals surface area contributed by atoms with Crippen molar-refractivity contribution in [2.24, 2.45) is 5.73 Å². The Balaban J connectivity index is 3.11. The van der Waals surface area contributed by atoms with E-state index < -0.39 is 11.7 Å². The zero-order valence-corrected chi connectivity index (χ0v) is 9.22. The monoisotopic (exact) mass is 231 g/mol. The molecule has 0 bridgehead atoms. The molecule has 0 spiro atoms. The summed E-state index contributed by atoms with van der Waals surface area (Å²) in [5.41, 5.74) is 5.25. The van der Waals surface area contributed by atoms with Crippen LogP contribution < -0.4 is 5.73 Å². The summed E-state index contributed by atoms with van der Waals surface area (Å²) in [6.45, 7) is 2.29. The van der Waals surface area contributed by atoms with Crippen molar-refractivity contribution in [1.82, 2.24) is 0 Å². The summed E-state index contributed by atoms with van der Waals surface area (Å²) in [4.78, 5) is 0. The first kappa shape index (κ1) is 13.0. The number of hydrogen-bond acceptors (Lipinski definition) is 1. The maximum atomic E-state index is 12.8. The predicted octanol–water partition coefficient (Wildman–Crippen LogP) is 3.55. The van der Waals surface area contributed by atoms with E-state index in [2.05, 4.69) is 0 Å². The molecule has 1 unspecified atom stereocenters. The van der Waals surface area contributed by atoms with E-state index in [9.17, 15) is 13.2 Å². The van der Waals surface area contributed by atoms with Gasteiger partial charge in [-0.25, -0.2) is 0 Å². The Kier molecular flexibility index (Phi) is 4.35. The highest BCUT2D eigenvalue weighted by atomic mass is 19.4. The van der Waals surface area contributed by atoms with Gasteiger partial charge in [-0.3, -0.25) is 0 Å². The highest BCUT2D eigenvalue weighted by molar-refractivity contribution is 5.32. The van der Waals surface area contributed by atoms with Crippen molar-refractivity contribution in [1.29, 1.82) is 0 Å². The molecule has 0 saturated carbocycles. The molecule has 4 heteroatoms. The van der Waals surface area contributed by atoms with Gasteiger partial charge in [-0.1, -0.05) is 25.1 Å². The topological polar surface area (TPSA) is 26.0 Å². The van der Waals surface area contributed by atoms with Crippen molar-refractivity contribution < 1.29 is 13.2 Å². The normalized spacial score (nSPS) is 13.8. The zero-order valence-electron chi connectivity index (χ0n) is 9.22. The van der Waals surface area contributed by atoms with Crippen molar-refractivity contribution >= 4 is 0 Å². The van der Waals surface area contributed by atoms with Gasteiger partial charge in [-0.05, 0) is 36.9 Å². The SMILES string of the molecule is CCC(CCN)c1ccccc1C(F)(F)F. The van der Waals surface area contributed by atoms with Gasteiger partial charge in [0.2, 0.25) is 0 Å². The Bertz CT molecular complexity index is 333. The van der Waals surface area contributed by atoms with Crippen LogP contribution in [0, 0.1) is 0 Å². The molecule has 0 amide bonds. The van der Waals surface area contributed by atoms with Gasteiger partial charge in [-0.2, -0.15) is 13.2 Å². The first-order chi connectivity index (χ1) is 7.50. The fourth-order valence-electron chi connectivity index (χ4n) is 1.89. The van der Waals surface area contributed by atoms with Crippen molar-refractivity contribution in [2.75, 3.05) is 6.54 Å². The van der Waals surface area contributed by atoms with Crippen LogP contribution in [0.2, 0.25) is 0 Å². The van der Waals surface area contributed by atoms with Gasteiger partial charge in [0.15, 0.2) is 0 Å². The largest absolute Gasteiger partial charge is 0.416 e. The Morgan fingerprint density at radius 3 is 2.38 bits per heavy atom. The van der Waals surface area contributed by atoms with E-state index in [0.29, 0.717) is 24.9 Å². The van der Waals surface area contributed by atoms with Gasteiger partial charge in [0.1, 0.15) is 0 Å². The molecule has 0 aromatic heterocycles. The van der Waals surface area contributed by atoms with Crippen molar-refractivity contribution in [2.45, 2.75) is 31.9 Å². The summed E-state index contributed by atoms with van der Waals surface area (Å²) in [5, 5.41) is 0. The van der Waals surface area contributed by atoms with Crippen molar-refractivity contribution in [3.8, 4) is 0 Å². The molecular weight excluding hydrogens is 215 g/mol. The van der Waals surface area contributed by atoms with E-state index in [1.807, 2.05) is 6.92 Å². The average Bonchev–Trinajstić information content (AvgIpc) is 2.25. The van der Waals surface area contributed by atoms with Gasteiger partial charge in [0.05, 0.1) is 5.56 Å². The van der Waals surface area contributed by atoms with Gasteiger partial charge < -0.3 is 5.73 Å². The second kappa shape index (κ2) is 5.34. The van der Waals surface area contributed by atoms with E-state index in [-0.39, 0.29) is 5.92 Å². The number of nitrogens with two attached hydrogens (primary N) is 1. The van der Waals surface area contributed by atoms with Crippen LogP contribution in [-0.4, -0.2) is 6.54 Å². The minimum absolute atomic E-state index is 0.108. The van der Waals surface area contributed by atoms with Gasteiger partial charge in [-0.15, -0.1) is 0 Å². The molecule has 2 N–H and O–H groups in total. The molecule has 0 aliphatic heterocycles. The van der Waals surface area contributed by atoms with Gasteiger partial charge in [0.25, 0.3) is 0 Å². The van der Waals surface area contributed by atoms with Crippen molar-refractivity contribution in [3.63, 3.8) is 0 Å². The summed E-state index contributed by atoms with van der Waals surface area (Å²) >= 11 is 0. The standard InChI is InChI=1S/C12H16F3N/c1-2-9(7-8-16)10-5-3-4-6-11(10)12(13,14)15/h3-6,9H,2,7-8,16H2,1H3. The lowest BCUT2D eigenvalue weighted by Gasteiger charge is -2.19. The molecule has 1 rings (SSSR count). The number of halogens is 3. The lowest BCUT2D eigenvalue weighted by molar-refractivity contribution is -0.138. The Hall–Kier alpha value is -1.03. The van der Waals surface area contributed by atoms with Gasteiger partial charge in [0, 0.05) is 0 Å². The van der Waals surface area contributed by atoms with E-state index in [0.717, 1.165) is 6.07 Å². The minimum atomic E-state index is -4.28. The molecule has 0 aliphatic carbocycles. The summed E-state index contributed by atoms with van der Waals surface area (Å²) in [6, 6.07) is 5.74. The Morgan fingerprint density at radius 1 is 1.25 bits per heavy atom. The number of rotatable bonds is 4. The Labute approximate surface area is 93.5 Å². The summed E-state index contributed by atoms with van der Waals surface area (Å²) in [6.07, 6.45) is -3.02. The van der Waals surface area contributed by atoms with Gasteiger partial charge >= 0.3 is 6.18 Å². The molecule has 0 heterocycles. The predicted molar refractivity (Wildman–Crippen MR) is 58.1 cm³/mol. The first-order valence-electron chi connectivity index (χ1n) is 5.36. The van der Waals surface area contributed by atoms with Crippen LogP contribution in [-0.2, 0) is 6.18 Å². The first-order valence-corrected chi connectivity index (χ1v) is 5.36. The fourth-order valence-corrected chi connectivity index (χ4v) is 1.89. The number of hydrogen-bond donors (Lipinski definition) is 1. The zero-order chi connectivity index (χ0) is 12.2. The highest BCUT2D eigenvalue weighted by Gasteiger charge is 2.34. The molecular formula is C12H16F3N. The Morgan fingerprint density at radius 2 is 1.88 bits per heavy atom. The van der Waals surface area contributed by atoms with E-state index >= 15 is 0 Å². The third-order valence-electron chi connectivity index (χ3n) is 2.71. The molecule has 16 heavy (non-hydrogen) atoms. The average molecular weight is 231 g/mol. The summed E-state index contributed by atoms with van der Waals surface area (Å²) in [5.74, 6) is -0.108. The van der Waals surface area contributed by atoms with Crippen LogP contribution in [0.25, 0.3) is 0 Å². The van der Waals surface area contributed by atoms with E-state index in [1.54, 1.807) is 12.1 Å². The van der Waals surface area contributed by atoms with Crippen molar-refractivity contribution in [3.05, 3.63) is 35.4 Å².